The topological polar surface area (TPSA) is 95.1 Å². The van der Waals surface area contributed by atoms with Gasteiger partial charge in [-0.15, -0.1) is 0 Å². The highest BCUT2D eigenvalue weighted by Gasteiger charge is 2.09. The van der Waals surface area contributed by atoms with E-state index in [-0.39, 0.29) is 5.95 Å². The van der Waals surface area contributed by atoms with Gasteiger partial charge in [-0.2, -0.15) is 0 Å². The molecular formula is C17H13N3O3. The standard InChI is InChI=1S/C17H13N3O3/c21-15-14(16(22)23)10-18-17(20-15)19-13-8-6-12(7-9-13)11-4-2-1-3-5-11/h1-10H,(H,22,23)(H2,18,19,20,21). The molecule has 23 heavy (non-hydrogen) atoms. The minimum atomic E-state index is -1.31. The Bertz CT molecular complexity index is 887. The van der Waals surface area contributed by atoms with Gasteiger partial charge in [0.1, 0.15) is 5.56 Å². The maximum atomic E-state index is 11.6. The van der Waals surface area contributed by atoms with E-state index in [0.717, 1.165) is 23.0 Å². The van der Waals surface area contributed by atoms with Crippen LogP contribution in [0.2, 0.25) is 0 Å². The number of nitrogens with zero attached hydrogens (tertiary/aromatic N) is 1. The molecule has 0 atom stereocenters. The smallest absolute Gasteiger partial charge is 0.342 e. The molecule has 0 unspecified atom stereocenters. The van der Waals surface area contributed by atoms with E-state index in [2.05, 4.69) is 15.3 Å². The third kappa shape index (κ3) is 3.26. The molecule has 1 heterocycles. The number of aromatic nitrogens is 2. The molecule has 3 aromatic rings. The summed E-state index contributed by atoms with van der Waals surface area (Å²) in [6, 6.07) is 17.5. The van der Waals surface area contributed by atoms with Crippen molar-refractivity contribution in [3.05, 3.63) is 76.7 Å². The molecule has 0 aliphatic heterocycles. The molecule has 114 valence electrons. The van der Waals surface area contributed by atoms with E-state index in [1.165, 1.54) is 0 Å². The lowest BCUT2D eigenvalue weighted by Crippen LogP contribution is -2.19. The molecule has 2 aromatic carbocycles. The van der Waals surface area contributed by atoms with Crippen molar-refractivity contribution in [2.24, 2.45) is 0 Å². The minimum absolute atomic E-state index is 0.187. The van der Waals surface area contributed by atoms with E-state index in [9.17, 15) is 9.59 Å². The molecular weight excluding hydrogens is 294 g/mol. The number of carboxylic acid groups (broad SMARTS) is 1. The van der Waals surface area contributed by atoms with Crippen LogP contribution in [-0.2, 0) is 0 Å². The summed E-state index contributed by atoms with van der Waals surface area (Å²) in [5.74, 6) is -1.12. The first-order valence-corrected chi connectivity index (χ1v) is 6.88. The fourth-order valence-electron chi connectivity index (χ4n) is 2.12. The van der Waals surface area contributed by atoms with E-state index < -0.39 is 17.1 Å². The molecule has 0 aliphatic rings. The number of nitrogens with one attached hydrogen (secondary N) is 2. The van der Waals surface area contributed by atoms with Crippen LogP contribution in [0.3, 0.4) is 0 Å². The maximum Gasteiger partial charge on any atom is 0.342 e. The van der Waals surface area contributed by atoms with Crippen LogP contribution in [0, 0.1) is 0 Å². The largest absolute Gasteiger partial charge is 0.477 e. The Labute approximate surface area is 131 Å². The van der Waals surface area contributed by atoms with Crippen molar-refractivity contribution in [1.82, 2.24) is 9.97 Å². The SMILES string of the molecule is O=C(O)c1cnc(Nc2ccc(-c3ccccc3)cc2)[nH]c1=O. The number of rotatable bonds is 4. The van der Waals surface area contributed by atoms with Gasteiger partial charge >= 0.3 is 5.97 Å². The Kier molecular flexibility index (Phi) is 3.88. The molecule has 0 saturated carbocycles. The van der Waals surface area contributed by atoms with Crippen LogP contribution in [0.4, 0.5) is 11.6 Å². The van der Waals surface area contributed by atoms with Crippen LogP contribution in [-0.4, -0.2) is 21.0 Å². The van der Waals surface area contributed by atoms with Crippen molar-refractivity contribution in [3.8, 4) is 11.1 Å². The Balaban J connectivity index is 1.80. The van der Waals surface area contributed by atoms with Gasteiger partial charge in [-0.25, -0.2) is 9.78 Å². The molecule has 0 radical (unpaired) electrons. The third-order valence-corrected chi connectivity index (χ3v) is 3.28. The van der Waals surface area contributed by atoms with Crippen LogP contribution in [0.1, 0.15) is 10.4 Å². The van der Waals surface area contributed by atoms with Crippen LogP contribution in [0.5, 0.6) is 0 Å². The Hall–Kier alpha value is -3.41. The van der Waals surface area contributed by atoms with E-state index >= 15 is 0 Å². The number of hydrogen-bond donors (Lipinski definition) is 3. The predicted octanol–water partition coefficient (Wildman–Crippen LogP) is 2.88. The molecule has 0 spiro atoms. The second kappa shape index (κ2) is 6.15. The van der Waals surface area contributed by atoms with Crippen molar-refractivity contribution in [1.29, 1.82) is 0 Å². The van der Waals surface area contributed by atoms with Gasteiger partial charge in [0.15, 0.2) is 0 Å². The molecule has 3 rings (SSSR count). The molecule has 0 amide bonds. The van der Waals surface area contributed by atoms with Crippen LogP contribution >= 0.6 is 0 Å². The Morgan fingerprint density at radius 2 is 1.65 bits per heavy atom. The number of anilines is 2. The van der Waals surface area contributed by atoms with Crippen molar-refractivity contribution in [2.75, 3.05) is 5.32 Å². The van der Waals surface area contributed by atoms with Crippen LogP contribution in [0.25, 0.3) is 11.1 Å². The van der Waals surface area contributed by atoms with Crippen molar-refractivity contribution >= 4 is 17.6 Å². The van der Waals surface area contributed by atoms with Gasteiger partial charge in [-0.3, -0.25) is 9.78 Å². The summed E-state index contributed by atoms with van der Waals surface area (Å²) in [6.07, 6.45) is 1.03. The van der Waals surface area contributed by atoms with Crippen molar-refractivity contribution < 1.29 is 9.90 Å². The first-order valence-electron chi connectivity index (χ1n) is 6.88. The average molecular weight is 307 g/mol. The molecule has 0 saturated heterocycles. The quantitative estimate of drug-likeness (QED) is 0.689. The van der Waals surface area contributed by atoms with Gasteiger partial charge in [-0.05, 0) is 23.3 Å². The normalized spacial score (nSPS) is 10.3. The fraction of sp³-hybridized carbons (Fsp3) is 0. The summed E-state index contributed by atoms with van der Waals surface area (Å²) in [5.41, 5.74) is 1.82. The van der Waals surface area contributed by atoms with E-state index in [1.54, 1.807) is 0 Å². The molecule has 6 nitrogen and oxygen atoms in total. The molecule has 6 heteroatoms. The lowest BCUT2D eigenvalue weighted by Gasteiger charge is -2.07. The lowest BCUT2D eigenvalue weighted by atomic mass is 10.1. The Morgan fingerprint density at radius 3 is 2.26 bits per heavy atom. The van der Waals surface area contributed by atoms with E-state index in [0.29, 0.717) is 0 Å². The van der Waals surface area contributed by atoms with Gasteiger partial charge in [-0.1, -0.05) is 42.5 Å². The number of H-pyrrole nitrogens is 1. The molecule has 0 aliphatic carbocycles. The van der Waals surface area contributed by atoms with E-state index in [1.807, 2.05) is 54.6 Å². The van der Waals surface area contributed by atoms with Crippen LogP contribution in [0.15, 0.2) is 65.6 Å². The minimum Gasteiger partial charge on any atom is -0.477 e. The highest BCUT2D eigenvalue weighted by molar-refractivity contribution is 5.86. The van der Waals surface area contributed by atoms with Crippen molar-refractivity contribution in [2.45, 2.75) is 0 Å². The van der Waals surface area contributed by atoms with Gasteiger partial charge in [0.05, 0.1) is 6.20 Å². The van der Waals surface area contributed by atoms with E-state index in [4.69, 9.17) is 5.11 Å². The lowest BCUT2D eigenvalue weighted by molar-refractivity contribution is 0.0694. The zero-order chi connectivity index (χ0) is 16.2. The third-order valence-electron chi connectivity index (χ3n) is 3.28. The highest BCUT2D eigenvalue weighted by atomic mass is 16.4. The number of aromatic carboxylic acids is 1. The fourth-order valence-corrected chi connectivity index (χ4v) is 2.12. The number of aromatic amines is 1. The molecule has 0 fully saturated rings. The first-order chi connectivity index (χ1) is 11.1. The number of carbonyl (C=O) groups is 1. The van der Waals surface area contributed by atoms with Gasteiger partial charge in [0.2, 0.25) is 5.95 Å². The summed E-state index contributed by atoms with van der Waals surface area (Å²) in [6.45, 7) is 0. The van der Waals surface area contributed by atoms with Crippen molar-refractivity contribution in [3.63, 3.8) is 0 Å². The zero-order valence-corrected chi connectivity index (χ0v) is 12.0. The molecule has 1 aromatic heterocycles. The second-order valence-corrected chi connectivity index (χ2v) is 4.85. The second-order valence-electron chi connectivity index (χ2n) is 4.85. The zero-order valence-electron chi connectivity index (χ0n) is 12.0. The predicted molar refractivity (Wildman–Crippen MR) is 87.0 cm³/mol. The molecule has 0 bridgehead atoms. The van der Waals surface area contributed by atoms with Gasteiger partial charge in [0.25, 0.3) is 5.56 Å². The number of benzene rings is 2. The summed E-state index contributed by atoms with van der Waals surface area (Å²) in [4.78, 5) is 28.7. The van der Waals surface area contributed by atoms with Gasteiger partial charge in [0, 0.05) is 5.69 Å². The first kappa shape index (κ1) is 14.5. The monoisotopic (exact) mass is 307 g/mol. The molecule has 3 N–H and O–H groups in total. The number of carboxylic acids is 1. The summed E-state index contributed by atoms with van der Waals surface area (Å²) in [5, 5.41) is 11.7. The summed E-state index contributed by atoms with van der Waals surface area (Å²) in [7, 11) is 0. The highest BCUT2D eigenvalue weighted by Crippen LogP contribution is 2.21. The maximum absolute atomic E-state index is 11.6. The average Bonchev–Trinajstić information content (AvgIpc) is 2.56. The summed E-state index contributed by atoms with van der Waals surface area (Å²) < 4.78 is 0. The van der Waals surface area contributed by atoms with Gasteiger partial charge < -0.3 is 10.4 Å². The Morgan fingerprint density at radius 1 is 1.00 bits per heavy atom. The van der Waals surface area contributed by atoms with Crippen LogP contribution < -0.4 is 10.9 Å². The number of hydrogen-bond acceptors (Lipinski definition) is 4. The summed E-state index contributed by atoms with van der Waals surface area (Å²) >= 11 is 0.